The van der Waals surface area contributed by atoms with Gasteiger partial charge in [-0.05, 0) is 31.0 Å². The SMILES string of the molecule is Cc1cc(C)c(C[NH3+])cc1C[NH3+]. The summed E-state index contributed by atoms with van der Waals surface area (Å²) < 4.78 is 0. The molecule has 0 spiro atoms. The monoisotopic (exact) mass is 166 g/mol. The fourth-order valence-corrected chi connectivity index (χ4v) is 1.49. The largest absolute Gasteiger partial charge is 0.354 e. The first-order chi connectivity index (χ1) is 5.69. The van der Waals surface area contributed by atoms with Crippen molar-refractivity contribution in [3.63, 3.8) is 0 Å². The molecule has 0 saturated carbocycles. The van der Waals surface area contributed by atoms with Crippen molar-refractivity contribution in [2.75, 3.05) is 0 Å². The van der Waals surface area contributed by atoms with Gasteiger partial charge in [-0.15, -0.1) is 0 Å². The Balaban J connectivity index is 3.18. The highest BCUT2D eigenvalue weighted by Crippen LogP contribution is 2.14. The average molecular weight is 166 g/mol. The lowest BCUT2D eigenvalue weighted by Crippen LogP contribution is -2.49. The predicted octanol–water partition coefficient (Wildman–Crippen LogP) is -0.213. The summed E-state index contributed by atoms with van der Waals surface area (Å²) in [4.78, 5) is 0. The van der Waals surface area contributed by atoms with Gasteiger partial charge in [0.15, 0.2) is 0 Å². The maximum atomic E-state index is 3.90. The second-order valence-corrected chi connectivity index (χ2v) is 3.21. The molecule has 1 aromatic carbocycles. The van der Waals surface area contributed by atoms with Crippen LogP contribution in [-0.4, -0.2) is 0 Å². The molecule has 0 aliphatic heterocycles. The molecule has 0 fully saturated rings. The fourth-order valence-electron chi connectivity index (χ4n) is 1.49. The zero-order valence-corrected chi connectivity index (χ0v) is 7.98. The summed E-state index contributed by atoms with van der Waals surface area (Å²) in [6.45, 7) is 6.03. The molecule has 2 heteroatoms. The van der Waals surface area contributed by atoms with Crippen molar-refractivity contribution in [2.24, 2.45) is 0 Å². The molecule has 0 aliphatic carbocycles. The van der Waals surface area contributed by atoms with Crippen LogP contribution in [0.15, 0.2) is 12.1 Å². The van der Waals surface area contributed by atoms with Gasteiger partial charge in [-0.25, -0.2) is 0 Å². The Morgan fingerprint density at radius 1 is 0.917 bits per heavy atom. The maximum Gasteiger partial charge on any atom is 0.1000 e. The van der Waals surface area contributed by atoms with E-state index < -0.39 is 0 Å². The molecule has 0 aromatic heterocycles. The Labute approximate surface area is 73.6 Å². The Morgan fingerprint density at radius 2 is 1.33 bits per heavy atom. The lowest BCUT2D eigenvalue weighted by Gasteiger charge is -2.06. The van der Waals surface area contributed by atoms with E-state index in [1.165, 1.54) is 22.3 Å². The number of hydrogen-bond acceptors (Lipinski definition) is 0. The minimum atomic E-state index is 0.874. The summed E-state index contributed by atoms with van der Waals surface area (Å²) in [5.74, 6) is 0. The number of aryl methyl sites for hydroxylation is 2. The smallest absolute Gasteiger partial charge is 0.1000 e. The molecule has 0 bridgehead atoms. The zero-order chi connectivity index (χ0) is 9.14. The molecule has 2 nitrogen and oxygen atoms in total. The van der Waals surface area contributed by atoms with Crippen LogP contribution in [0.4, 0.5) is 0 Å². The summed E-state index contributed by atoms with van der Waals surface area (Å²) in [6, 6.07) is 4.45. The lowest BCUT2D eigenvalue weighted by atomic mass is 10.0. The molecule has 66 valence electrons. The van der Waals surface area contributed by atoms with Gasteiger partial charge in [-0.2, -0.15) is 0 Å². The van der Waals surface area contributed by atoms with E-state index in [0.29, 0.717) is 0 Å². The maximum absolute atomic E-state index is 3.90. The first-order valence-electron chi connectivity index (χ1n) is 4.36. The highest BCUT2D eigenvalue weighted by atomic mass is 14.5. The van der Waals surface area contributed by atoms with E-state index in [-0.39, 0.29) is 0 Å². The summed E-state index contributed by atoms with van der Waals surface area (Å²) in [6.07, 6.45) is 0. The van der Waals surface area contributed by atoms with E-state index in [1.807, 2.05) is 0 Å². The second kappa shape index (κ2) is 3.70. The third-order valence-electron chi connectivity index (χ3n) is 2.33. The molecule has 0 amide bonds. The molecular formula is C10H18N2+2. The van der Waals surface area contributed by atoms with Crippen molar-refractivity contribution in [1.29, 1.82) is 0 Å². The van der Waals surface area contributed by atoms with E-state index in [0.717, 1.165) is 13.1 Å². The molecule has 6 N–H and O–H groups in total. The zero-order valence-electron chi connectivity index (χ0n) is 7.98. The highest BCUT2D eigenvalue weighted by Gasteiger charge is 2.03. The van der Waals surface area contributed by atoms with E-state index in [9.17, 15) is 0 Å². The van der Waals surface area contributed by atoms with Gasteiger partial charge in [0.25, 0.3) is 0 Å². The summed E-state index contributed by atoms with van der Waals surface area (Å²) >= 11 is 0. The lowest BCUT2D eigenvalue weighted by molar-refractivity contribution is -0.388. The molecule has 0 heterocycles. The van der Waals surface area contributed by atoms with Gasteiger partial charge in [0.2, 0.25) is 0 Å². The molecule has 0 atom stereocenters. The van der Waals surface area contributed by atoms with Gasteiger partial charge in [-0.1, -0.05) is 6.07 Å². The topological polar surface area (TPSA) is 55.3 Å². The van der Waals surface area contributed by atoms with Gasteiger partial charge in [0.1, 0.15) is 0 Å². The van der Waals surface area contributed by atoms with E-state index >= 15 is 0 Å². The van der Waals surface area contributed by atoms with Crippen LogP contribution in [0.1, 0.15) is 22.3 Å². The van der Waals surface area contributed by atoms with Crippen LogP contribution in [0, 0.1) is 13.8 Å². The second-order valence-electron chi connectivity index (χ2n) is 3.21. The van der Waals surface area contributed by atoms with Gasteiger partial charge < -0.3 is 11.5 Å². The van der Waals surface area contributed by atoms with E-state index in [4.69, 9.17) is 0 Å². The van der Waals surface area contributed by atoms with Crippen molar-refractivity contribution in [3.8, 4) is 0 Å². The first-order valence-corrected chi connectivity index (χ1v) is 4.36. The number of benzene rings is 1. The van der Waals surface area contributed by atoms with E-state index in [2.05, 4.69) is 37.4 Å². The molecule has 1 aromatic rings. The minimum Gasteiger partial charge on any atom is -0.354 e. The quantitative estimate of drug-likeness (QED) is 0.611. The van der Waals surface area contributed by atoms with Crippen LogP contribution in [-0.2, 0) is 13.1 Å². The normalized spacial score (nSPS) is 10.3. The van der Waals surface area contributed by atoms with Crippen molar-refractivity contribution >= 4 is 0 Å². The Morgan fingerprint density at radius 3 is 1.67 bits per heavy atom. The summed E-state index contributed by atoms with van der Waals surface area (Å²) in [7, 11) is 0. The molecule has 12 heavy (non-hydrogen) atoms. The molecular weight excluding hydrogens is 148 g/mol. The molecule has 0 aliphatic rings. The van der Waals surface area contributed by atoms with E-state index in [1.54, 1.807) is 0 Å². The van der Waals surface area contributed by atoms with Crippen LogP contribution in [0.25, 0.3) is 0 Å². The van der Waals surface area contributed by atoms with Crippen molar-refractivity contribution in [3.05, 3.63) is 34.4 Å². The first kappa shape index (κ1) is 9.23. The van der Waals surface area contributed by atoms with Gasteiger partial charge in [0, 0.05) is 11.1 Å². The van der Waals surface area contributed by atoms with Gasteiger partial charge in [0.05, 0.1) is 13.1 Å². The van der Waals surface area contributed by atoms with Crippen molar-refractivity contribution in [1.82, 2.24) is 0 Å². The summed E-state index contributed by atoms with van der Waals surface area (Å²) in [5.41, 5.74) is 13.2. The molecule has 0 saturated heterocycles. The molecule has 0 unspecified atom stereocenters. The van der Waals surface area contributed by atoms with Gasteiger partial charge >= 0.3 is 0 Å². The van der Waals surface area contributed by atoms with Crippen LogP contribution in [0.3, 0.4) is 0 Å². The number of rotatable bonds is 2. The average Bonchev–Trinajstić information content (AvgIpc) is 2.05. The van der Waals surface area contributed by atoms with Crippen LogP contribution < -0.4 is 11.5 Å². The third kappa shape index (κ3) is 1.65. The standard InChI is InChI=1S/C10H16N2/c1-7-3-8(2)10(6-12)4-9(7)5-11/h3-4H,5-6,11-12H2,1-2H3/p+2. The summed E-state index contributed by atoms with van der Waals surface area (Å²) in [5, 5.41) is 0. The highest BCUT2D eigenvalue weighted by molar-refractivity contribution is 5.36. The van der Waals surface area contributed by atoms with Crippen LogP contribution >= 0.6 is 0 Å². The van der Waals surface area contributed by atoms with Crippen molar-refractivity contribution < 1.29 is 11.5 Å². The predicted molar refractivity (Wildman–Crippen MR) is 49.1 cm³/mol. The third-order valence-corrected chi connectivity index (χ3v) is 2.33. The number of hydrogen-bond donors (Lipinski definition) is 2. The number of quaternary nitrogens is 2. The molecule has 1 rings (SSSR count). The minimum absolute atomic E-state index is 0.874. The fraction of sp³-hybridized carbons (Fsp3) is 0.400. The van der Waals surface area contributed by atoms with Crippen LogP contribution in [0.5, 0.6) is 0 Å². The van der Waals surface area contributed by atoms with Crippen LogP contribution in [0.2, 0.25) is 0 Å². The Hall–Kier alpha value is -0.860. The van der Waals surface area contributed by atoms with Crippen molar-refractivity contribution in [2.45, 2.75) is 26.9 Å². The molecule has 0 radical (unpaired) electrons. The Kier molecular flexibility index (Phi) is 2.84. The Bertz CT molecular complexity index is 254. The van der Waals surface area contributed by atoms with Gasteiger partial charge in [-0.3, -0.25) is 0 Å².